The molecule has 0 bridgehead atoms. The van der Waals surface area contributed by atoms with Crippen LogP contribution >= 0.6 is 24.0 Å². The lowest BCUT2D eigenvalue weighted by atomic mass is 9.68. The first-order valence-corrected chi connectivity index (χ1v) is 9.89. The zero-order valence-corrected chi connectivity index (χ0v) is 18.4. The van der Waals surface area contributed by atoms with Gasteiger partial charge in [-0.2, -0.15) is 0 Å². The number of unbranched alkanes of at least 4 members (excludes halogenated alkanes) is 1. The number of ether oxygens (including phenoxy) is 1. The number of guanidine groups is 1. The molecule has 0 radical (unpaired) electrons. The van der Waals surface area contributed by atoms with E-state index in [1.165, 1.54) is 44.3 Å². The van der Waals surface area contributed by atoms with Crippen molar-refractivity contribution in [2.24, 2.45) is 10.4 Å². The molecule has 1 spiro atoms. The van der Waals surface area contributed by atoms with E-state index in [0.717, 1.165) is 45.0 Å². The van der Waals surface area contributed by atoms with E-state index in [9.17, 15) is 0 Å². The summed E-state index contributed by atoms with van der Waals surface area (Å²) in [6, 6.07) is 10.5. The minimum atomic E-state index is 0. The highest BCUT2D eigenvalue weighted by Crippen LogP contribution is 2.47. The molecule has 0 amide bonds. The van der Waals surface area contributed by atoms with Crippen molar-refractivity contribution in [3.63, 3.8) is 0 Å². The van der Waals surface area contributed by atoms with E-state index < -0.39 is 0 Å². The highest BCUT2D eigenvalue weighted by atomic mass is 127. The Labute approximate surface area is 175 Å². The Morgan fingerprint density at radius 1 is 1.15 bits per heavy atom. The second-order valence-corrected chi connectivity index (χ2v) is 7.55. The minimum absolute atomic E-state index is 0. The van der Waals surface area contributed by atoms with Gasteiger partial charge in [0, 0.05) is 33.3 Å². The molecule has 146 valence electrons. The molecule has 0 atom stereocenters. The standard InChI is InChI=1S/C21H33N3O.HI/c1-22-20(24-15-13-21(18-24)11-7-12-21)23-14-5-6-16-25-17-10-19-8-3-2-4-9-19;/h2-4,8-9H,5-7,10-18H2,1H3,(H,22,23);1H. The maximum atomic E-state index is 5.75. The molecule has 3 rings (SSSR count). The fourth-order valence-corrected chi connectivity index (χ4v) is 4.00. The Morgan fingerprint density at radius 3 is 2.62 bits per heavy atom. The number of nitrogens with zero attached hydrogens (tertiary/aromatic N) is 2. The molecule has 0 aromatic heterocycles. The summed E-state index contributed by atoms with van der Waals surface area (Å²) in [6.45, 7) is 5.02. The molecule has 1 saturated carbocycles. The van der Waals surface area contributed by atoms with Gasteiger partial charge in [0.2, 0.25) is 0 Å². The monoisotopic (exact) mass is 471 g/mol. The Kier molecular flexibility index (Phi) is 9.19. The topological polar surface area (TPSA) is 36.9 Å². The fourth-order valence-electron chi connectivity index (χ4n) is 4.00. The molecule has 1 aromatic rings. The molecule has 5 heteroatoms. The molecule has 1 aliphatic carbocycles. The van der Waals surface area contributed by atoms with Crippen molar-refractivity contribution < 1.29 is 4.74 Å². The van der Waals surface area contributed by atoms with Crippen molar-refractivity contribution in [1.29, 1.82) is 0 Å². The third kappa shape index (κ3) is 6.12. The van der Waals surface area contributed by atoms with Crippen LogP contribution in [-0.4, -0.2) is 50.8 Å². The molecule has 2 fully saturated rings. The van der Waals surface area contributed by atoms with E-state index in [1.807, 2.05) is 7.05 Å². The summed E-state index contributed by atoms with van der Waals surface area (Å²) in [6.07, 6.45) is 8.84. The summed E-state index contributed by atoms with van der Waals surface area (Å²) in [7, 11) is 1.90. The molecule has 2 aliphatic rings. The molecule has 4 nitrogen and oxygen atoms in total. The summed E-state index contributed by atoms with van der Waals surface area (Å²) in [5.74, 6) is 1.09. The van der Waals surface area contributed by atoms with Crippen LogP contribution < -0.4 is 5.32 Å². The van der Waals surface area contributed by atoms with Gasteiger partial charge < -0.3 is 15.0 Å². The Bertz CT molecular complexity index is 545. The molecule has 0 unspecified atom stereocenters. The lowest BCUT2D eigenvalue weighted by Gasteiger charge is -2.38. The van der Waals surface area contributed by atoms with E-state index in [4.69, 9.17) is 4.74 Å². The van der Waals surface area contributed by atoms with Crippen LogP contribution in [0, 0.1) is 5.41 Å². The predicted molar refractivity (Wildman–Crippen MR) is 119 cm³/mol. The number of rotatable bonds is 8. The lowest BCUT2D eigenvalue weighted by molar-refractivity contribution is 0.133. The number of aliphatic imine (C=N–C) groups is 1. The smallest absolute Gasteiger partial charge is 0.193 e. The van der Waals surface area contributed by atoms with E-state index in [2.05, 4.69) is 45.5 Å². The summed E-state index contributed by atoms with van der Waals surface area (Å²) in [5, 5.41) is 3.53. The Hall–Kier alpha value is -0.820. The van der Waals surface area contributed by atoms with Crippen LogP contribution in [0.25, 0.3) is 0 Å². The van der Waals surface area contributed by atoms with Crippen LogP contribution in [0.4, 0.5) is 0 Å². The summed E-state index contributed by atoms with van der Waals surface area (Å²) < 4.78 is 5.75. The van der Waals surface area contributed by atoms with Crippen LogP contribution in [0.3, 0.4) is 0 Å². The van der Waals surface area contributed by atoms with Gasteiger partial charge in [-0.15, -0.1) is 24.0 Å². The second-order valence-electron chi connectivity index (χ2n) is 7.55. The van der Waals surface area contributed by atoms with E-state index in [1.54, 1.807) is 0 Å². The van der Waals surface area contributed by atoms with Gasteiger partial charge in [0.05, 0.1) is 6.61 Å². The van der Waals surface area contributed by atoms with Gasteiger partial charge in [-0.1, -0.05) is 36.8 Å². The first-order valence-electron chi connectivity index (χ1n) is 9.89. The third-order valence-electron chi connectivity index (χ3n) is 5.74. The van der Waals surface area contributed by atoms with Crippen LogP contribution in [-0.2, 0) is 11.2 Å². The highest BCUT2D eigenvalue weighted by molar-refractivity contribution is 14.0. The number of hydrogen-bond acceptors (Lipinski definition) is 2. The van der Waals surface area contributed by atoms with E-state index in [-0.39, 0.29) is 24.0 Å². The summed E-state index contributed by atoms with van der Waals surface area (Å²) in [4.78, 5) is 6.93. The van der Waals surface area contributed by atoms with Gasteiger partial charge in [-0.3, -0.25) is 4.99 Å². The van der Waals surface area contributed by atoms with Gasteiger partial charge in [0.1, 0.15) is 0 Å². The minimum Gasteiger partial charge on any atom is -0.381 e. The average molecular weight is 471 g/mol. The Balaban J connectivity index is 0.00000243. The maximum absolute atomic E-state index is 5.75. The first-order chi connectivity index (χ1) is 12.3. The predicted octanol–water partition coefficient (Wildman–Crippen LogP) is 4.10. The van der Waals surface area contributed by atoms with Crippen molar-refractivity contribution in [3.8, 4) is 0 Å². The molecule has 1 aromatic carbocycles. The second kappa shape index (κ2) is 11.1. The quantitative estimate of drug-likeness (QED) is 0.269. The molecule has 1 aliphatic heterocycles. The van der Waals surface area contributed by atoms with Crippen LogP contribution in [0.5, 0.6) is 0 Å². The average Bonchev–Trinajstić information content (AvgIpc) is 3.07. The van der Waals surface area contributed by atoms with Crippen molar-refractivity contribution in [1.82, 2.24) is 10.2 Å². The Morgan fingerprint density at radius 2 is 1.96 bits per heavy atom. The molecule has 26 heavy (non-hydrogen) atoms. The molecular weight excluding hydrogens is 437 g/mol. The van der Waals surface area contributed by atoms with Crippen molar-refractivity contribution >= 4 is 29.9 Å². The largest absolute Gasteiger partial charge is 0.381 e. The number of benzene rings is 1. The van der Waals surface area contributed by atoms with Crippen molar-refractivity contribution in [2.75, 3.05) is 39.9 Å². The van der Waals surface area contributed by atoms with Crippen LogP contribution in [0.15, 0.2) is 35.3 Å². The van der Waals surface area contributed by atoms with Gasteiger partial charge in [0.15, 0.2) is 5.96 Å². The van der Waals surface area contributed by atoms with Crippen molar-refractivity contribution in [2.45, 2.75) is 44.9 Å². The molecule has 1 heterocycles. The highest BCUT2D eigenvalue weighted by Gasteiger charge is 2.43. The molecule has 1 N–H and O–H groups in total. The first kappa shape index (κ1) is 21.5. The van der Waals surface area contributed by atoms with Gasteiger partial charge in [-0.05, 0) is 49.5 Å². The zero-order valence-electron chi connectivity index (χ0n) is 16.1. The number of nitrogens with one attached hydrogen (secondary N) is 1. The summed E-state index contributed by atoms with van der Waals surface area (Å²) in [5.41, 5.74) is 1.98. The fraction of sp³-hybridized carbons (Fsp3) is 0.667. The zero-order chi connectivity index (χ0) is 17.4. The number of hydrogen-bond donors (Lipinski definition) is 1. The van der Waals surface area contributed by atoms with Gasteiger partial charge in [-0.25, -0.2) is 0 Å². The summed E-state index contributed by atoms with van der Waals surface area (Å²) >= 11 is 0. The third-order valence-corrected chi connectivity index (χ3v) is 5.74. The lowest BCUT2D eigenvalue weighted by Crippen LogP contribution is -2.42. The SMILES string of the molecule is CN=C(NCCCCOCCc1ccccc1)N1CCC2(CCC2)C1.I. The number of halogens is 1. The van der Waals surface area contributed by atoms with Crippen LogP contribution in [0.1, 0.15) is 44.1 Å². The van der Waals surface area contributed by atoms with E-state index in [0.29, 0.717) is 5.41 Å². The van der Waals surface area contributed by atoms with Gasteiger partial charge in [0.25, 0.3) is 0 Å². The van der Waals surface area contributed by atoms with Crippen molar-refractivity contribution in [3.05, 3.63) is 35.9 Å². The normalized spacial score (nSPS) is 18.5. The number of likely N-dealkylation sites (tertiary alicyclic amines) is 1. The maximum Gasteiger partial charge on any atom is 0.193 e. The van der Waals surface area contributed by atoms with E-state index >= 15 is 0 Å². The van der Waals surface area contributed by atoms with Crippen LogP contribution in [0.2, 0.25) is 0 Å². The van der Waals surface area contributed by atoms with Gasteiger partial charge >= 0.3 is 0 Å². The molecule has 1 saturated heterocycles. The molecular formula is C21H34IN3O.